The minimum absolute atomic E-state index is 0.00821. The molecular weight excluding hydrogens is 436 g/mol. The van der Waals surface area contributed by atoms with Gasteiger partial charge in [-0.25, -0.2) is 4.79 Å². The Hall–Kier alpha value is -3.23. The Balaban J connectivity index is 2.06. The van der Waals surface area contributed by atoms with E-state index in [9.17, 15) is 14.4 Å². The maximum Gasteiger partial charge on any atom is 0.328 e. The van der Waals surface area contributed by atoms with Crippen LogP contribution in [0, 0.1) is 0 Å². The third-order valence-electron chi connectivity index (χ3n) is 5.55. The van der Waals surface area contributed by atoms with Gasteiger partial charge in [-0.3, -0.25) is 19.1 Å². The van der Waals surface area contributed by atoms with Crippen LogP contribution in [0.15, 0.2) is 76.4 Å². The fourth-order valence-electron chi connectivity index (χ4n) is 4.07. The first-order valence-electron chi connectivity index (χ1n) is 10.9. The monoisotopic (exact) mass is 466 g/mol. The van der Waals surface area contributed by atoms with Gasteiger partial charge < -0.3 is 9.16 Å². The van der Waals surface area contributed by atoms with Crippen LogP contribution >= 0.6 is 0 Å². The highest BCUT2D eigenvalue weighted by Gasteiger charge is 2.50. The van der Waals surface area contributed by atoms with Gasteiger partial charge in [0.1, 0.15) is 6.54 Å². The Bertz CT molecular complexity index is 1160. The number of hydrogen-bond acceptors (Lipinski definition) is 5. The SMILES string of the molecule is CCOC(=O)Cn1cc(CO[Si](c2ccccc2)(c2ccccc2)C(C)(C)C)c(=O)[nH]c1=O. The van der Waals surface area contributed by atoms with Crippen molar-refractivity contribution in [3.63, 3.8) is 0 Å². The second-order valence-electron chi connectivity index (χ2n) is 8.80. The number of H-pyrrole nitrogens is 1. The summed E-state index contributed by atoms with van der Waals surface area (Å²) in [5.74, 6) is -0.550. The molecule has 0 saturated heterocycles. The smallest absolute Gasteiger partial charge is 0.328 e. The van der Waals surface area contributed by atoms with Crippen molar-refractivity contribution in [2.24, 2.45) is 0 Å². The molecule has 1 aromatic heterocycles. The van der Waals surface area contributed by atoms with E-state index in [1.807, 2.05) is 36.4 Å². The molecule has 174 valence electrons. The van der Waals surface area contributed by atoms with Gasteiger partial charge in [-0.1, -0.05) is 81.4 Å². The summed E-state index contributed by atoms with van der Waals surface area (Å²) in [5.41, 5.74) is -0.924. The quantitative estimate of drug-likeness (QED) is 0.406. The van der Waals surface area contributed by atoms with Crippen LogP contribution < -0.4 is 21.6 Å². The molecule has 7 nitrogen and oxygen atoms in total. The summed E-state index contributed by atoms with van der Waals surface area (Å²) < 4.78 is 12.8. The van der Waals surface area contributed by atoms with Crippen molar-refractivity contribution in [1.82, 2.24) is 9.55 Å². The molecule has 0 atom stereocenters. The van der Waals surface area contributed by atoms with Crippen molar-refractivity contribution in [2.75, 3.05) is 6.61 Å². The molecule has 0 radical (unpaired) electrons. The summed E-state index contributed by atoms with van der Waals surface area (Å²) in [5, 5.41) is 1.90. The molecular formula is C25H30N2O5Si. The van der Waals surface area contributed by atoms with Crippen molar-refractivity contribution in [3.8, 4) is 0 Å². The molecule has 3 rings (SSSR count). The van der Waals surface area contributed by atoms with Gasteiger partial charge in [-0.2, -0.15) is 0 Å². The van der Waals surface area contributed by atoms with Gasteiger partial charge in [0, 0.05) is 6.20 Å². The van der Waals surface area contributed by atoms with Crippen LogP contribution in [0.2, 0.25) is 5.04 Å². The molecule has 3 aromatic rings. The number of aromatic amines is 1. The highest BCUT2D eigenvalue weighted by molar-refractivity contribution is 6.99. The van der Waals surface area contributed by atoms with Crippen LogP contribution in [0.25, 0.3) is 0 Å². The second kappa shape index (κ2) is 10.1. The van der Waals surface area contributed by atoms with Crippen molar-refractivity contribution in [3.05, 3.63) is 93.3 Å². The third-order valence-corrected chi connectivity index (χ3v) is 10.5. The van der Waals surface area contributed by atoms with Crippen LogP contribution in [-0.2, 0) is 27.1 Å². The molecule has 1 heterocycles. The Kier molecular flexibility index (Phi) is 7.50. The molecule has 0 aliphatic heterocycles. The van der Waals surface area contributed by atoms with Crippen LogP contribution in [0.3, 0.4) is 0 Å². The minimum atomic E-state index is -2.86. The van der Waals surface area contributed by atoms with E-state index in [0.717, 1.165) is 14.9 Å². The first-order valence-corrected chi connectivity index (χ1v) is 12.8. The number of ether oxygens (including phenoxy) is 1. The molecule has 0 amide bonds. The summed E-state index contributed by atoms with van der Waals surface area (Å²) in [6.45, 7) is 8.04. The minimum Gasteiger partial charge on any atom is -0.465 e. The average molecular weight is 467 g/mol. The Morgan fingerprint density at radius 2 is 1.52 bits per heavy atom. The van der Waals surface area contributed by atoms with E-state index in [4.69, 9.17) is 9.16 Å². The van der Waals surface area contributed by atoms with Crippen LogP contribution in [-0.4, -0.2) is 30.4 Å². The average Bonchev–Trinajstić information content (AvgIpc) is 2.77. The summed E-state index contributed by atoms with van der Waals surface area (Å²) in [4.78, 5) is 39.0. The first kappa shape index (κ1) is 24.4. The second-order valence-corrected chi connectivity index (χ2v) is 13.1. The number of carbonyl (C=O) groups is 1. The lowest BCUT2D eigenvalue weighted by atomic mass is 10.2. The third kappa shape index (κ3) is 5.23. The van der Waals surface area contributed by atoms with Gasteiger partial charge in [-0.05, 0) is 22.3 Å². The van der Waals surface area contributed by atoms with Crippen molar-refractivity contribution < 1.29 is 14.0 Å². The molecule has 0 spiro atoms. The number of benzene rings is 2. The maximum atomic E-state index is 12.6. The molecule has 0 saturated carbocycles. The van der Waals surface area contributed by atoms with Gasteiger partial charge in [-0.15, -0.1) is 0 Å². The van der Waals surface area contributed by atoms with Crippen LogP contribution in [0.4, 0.5) is 0 Å². The number of rotatable bonds is 8. The highest BCUT2D eigenvalue weighted by atomic mass is 28.4. The molecule has 0 bridgehead atoms. The van der Waals surface area contributed by atoms with Crippen molar-refractivity contribution in [1.29, 1.82) is 0 Å². The Morgan fingerprint density at radius 1 is 0.970 bits per heavy atom. The van der Waals surface area contributed by atoms with E-state index >= 15 is 0 Å². The van der Waals surface area contributed by atoms with Crippen molar-refractivity contribution >= 4 is 24.7 Å². The van der Waals surface area contributed by atoms with E-state index in [1.165, 1.54) is 6.20 Å². The number of nitrogens with zero attached hydrogens (tertiary/aromatic N) is 1. The lowest BCUT2D eigenvalue weighted by Crippen LogP contribution is -2.66. The topological polar surface area (TPSA) is 90.4 Å². The maximum absolute atomic E-state index is 12.6. The molecule has 0 unspecified atom stereocenters. The van der Waals surface area contributed by atoms with Crippen LogP contribution in [0.1, 0.15) is 33.3 Å². The van der Waals surface area contributed by atoms with Gasteiger partial charge >= 0.3 is 11.7 Å². The van der Waals surface area contributed by atoms with Crippen LogP contribution in [0.5, 0.6) is 0 Å². The van der Waals surface area contributed by atoms with E-state index in [2.05, 4.69) is 50.0 Å². The molecule has 0 fully saturated rings. The lowest BCUT2D eigenvalue weighted by Gasteiger charge is -2.43. The molecule has 2 aromatic carbocycles. The molecule has 0 aliphatic carbocycles. The van der Waals surface area contributed by atoms with E-state index < -0.39 is 25.5 Å². The fourth-order valence-corrected chi connectivity index (χ4v) is 8.60. The predicted octanol–water partition coefficient (Wildman–Crippen LogP) is 2.18. The number of esters is 1. The summed E-state index contributed by atoms with van der Waals surface area (Å²) >= 11 is 0. The van der Waals surface area contributed by atoms with Gasteiger partial charge in [0.15, 0.2) is 0 Å². The largest absolute Gasteiger partial charge is 0.465 e. The summed E-state index contributed by atoms with van der Waals surface area (Å²) in [6, 6.07) is 20.1. The predicted molar refractivity (Wildman–Crippen MR) is 130 cm³/mol. The van der Waals surface area contributed by atoms with Gasteiger partial charge in [0.05, 0.1) is 18.8 Å². The number of nitrogens with one attached hydrogen (secondary N) is 1. The van der Waals surface area contributed by atoms with E-state index in [1.54, 1.807) is 6.92 Å². The Morgan fingerprint density at radius 3 is 2.00 bits per heavy atom. The molecule has 33 heavy (non-hydrogen) atoms. The number of carbonyl (C=O) groups excluding carboxylic acids is 1. The zero-order valence-corrected chi connectivity index (χ0v) is 20.5. The summed E-state index contributed by atoms with van der Waals surface area (Å²) in [7, 11) is -2.86. The normalized spacial score (nSPS) is 11.9. The molecule has 1 N–H and O–H groups in total. The zero-order chi connectivity index (χ0) is 24.1. The fraction of sp³-hybridized carbons (Fsp3) is 0.320. The van der Waals surface area contributed by atoms with Gasteiger partial charge in [0.25, 0.3) is 13.9 Å². The molecule has 0 aliphatic rings. The lowest BCUT2D eigenvalue weighted by molar-refractivity contribution is -0.143. The standard InChI is InChI=1S/C25H30N2O5Si/c1-5-31-22(28)17-27-16-19(23(29)26-24(27)30)18-32-33(25(2,3)4,20-12-8-6-9-13-20)21-14-10-7-11-15-21/h6-16H,5,17-18H2,1-4H3,(H,26,29,30). The van der Waals surface area contributed by atoms with Gasteiger partial charge in [0.2, 0.25) is 0 Å². The Labute approximate surface area is 194 Å². The molecule has 8 heteroatoms. The van der Waals surface area contributed by atoms with E-state index in [-0.39, 0.29) is 30.4 Å². The summed E-state index contributed by atoms with van der Waals surface area (Å²) in [6.07, 6.45) is 1.38. The number of hydrogen-bond donors (Lipinski definition) is 1. The van der Waals surface area contributed by atoms with Crippen molar-refractivity contribution in [2.45, 2.75) is 45.9 Å². The first-order chi connectivity index (χ1) is 15.7. The zero-order valence-electron chi connectivity index (χ0n) is 19.5. The number of aromatic nitrogens is 2. The highest BCUT2D eigenvalue weighted by Crippen LogP contribution is 2.37. The van der Waals surface area contributed by atoms with E-state index in [0.29, 0.717) is 0 Å².